The van der Waals surface area contributed by atoms with Crippen molar-refractivity contribution in [2.24, 2.45) is 11.3 Å². The molecule has 5 heteroatoms. The fraction of sp³-hybridized carbons (Fsp3) is 0.429. The number of aldehydes is 1. The van der Waals surface area contributed by atoms with Gasteiger partial charge in [-0.3, -0.25) is 9.59 Å². The minimum atomic E-state index is -0.876. The van der Waals surface area contributed by atoms with Gasteiger partial charge >= 0.3 is 5.97 Å². The maximum absolute atomic E-state index is 11.3. The minimum Gasteiger partial charge on any atom is -0.481 e. The van der Waals surface area contributed by atoms with Crippen LogP contribution in [0.4, 0.5) is 0 Å². The van der Waals surface area contributed by atoms with E-state index in [4.69, 9.17) is 23.2 Å². The second kappa shape index (κ2) is 5.93. The highest BCUT2D eigenvalue weighted by molar-refractivity contribution is 6.35. The van der Waals surface area contributed by atoms with Crippen LogP contribution in [0.2, 0.25) is 10.0 Å². The van der Waals surface area contributed by atoms with E-state index < -0.39 is 17.3 Å². The highest BCUT2D eigenvalue weighted by Crippen LogP contribution is 2.33. The summed E-state index contributed by atoms with van der Waals surface area (Å²) in [5, 5.41) is 9.95. The molecule has 1 N–H and O–H groups in total. The normalized spacial score (nSPS) is 13.1. The van der Waals surface area contributed by atoms with Crippen LogP contribution in [0.5, 0.6) is 0 Å². The summed E-state index contributed by atoms with van der Waals surface area (Å²) in [4.78, 5) is 22.1. The van der Waals surface area contributed by atoms with Gasteiger partial charge in [0.2, 0.25) is 0 Å². The van der Waals surface area contributed by atoms with Gasteiger partial charge in [-0.2, -0.15) is 0 Å². The van der Waals surface area contributed by atoms with E-state index in [9.17, 15) is 14.7 Å². The van der Waals surface area contributed by atoms with Crippen LogP contribution in [-0.2, 0) is 11.2 Å². The number of carboxylic acid groups (broad SMARTS) is 1. The number of hydrogen-bond donors (Lipinski definition) is 1. The van der Waals surface area contributed by atoms with Crippen molar-refractivity contribution in [1.29, 1.82) is 0 Å². The van der Waals surface area contributed by atoms with E-state index in [0.29, 0.717) is 22.4 Å². The van der Waals surface area contributed by atoms with Gasteiger partial charge in [-0.05, 0) is 29.5 Å². The number of aliphatic carboxylic acids is 1. The van der Waals surface area contributed by atoms with Crippen molar-refractivity contribution in [2.45, 2.75) is 27.2 Å². The van der Waals surface area contributed by atoms with Crippen LogP contribution in [0.15, 0.2) is 12.1 Å². The summed E-state index contributed by atoms with van der Waals surface area (Å²) < 4.78 is 0. The van der Waals surface area contributed by atoms with Gasteiger partial charge in [0, 0.05) is 10.6 Å². The van der Waals surface area contributed by atoms with E-state index in [1.807, 2.05) is 20.8 Å². The SMILES string of the molecule is CC(C)(C)C(Cc1cc(Cl)c(C=O)cc1Cl)C(=O)O. The first-order valence-corrected chi connectivity index (χ1v) is 6.58. The van der Waals surface area contributed by atoms with Crippen molar-refractivity contribution in [3.8, 4) is 0 Å². The van der Waals surface area contributed by atoms with Gasteiger partial charge in [-0.25, -0.2) is 0 Å². The van der Waals surface area contributed by atoms with Crippen molar-refractivity contribution >= 4 is 35.5 Å². The highest BCUT2D eigenvalue weighted by Gasteiger charge is 2.31. The lowest BCUT2D eigenvalue weighted by Gasteiger charge is -2.27. The zero-order chi connectivity index (χ0) is 14.8. The molecule has 104 valence electrons. The van der Waals surface area contributed by atoms with Gasteiger partial charge in [0.15, 0.2) is 6.29 Å². The second-order valence-corrected chi connectivity index (χ2v) is 6.36. The maximum Gasteiger partial charge on any atom is 0.307 e. The van der Waals surface area contributed by atoms with Crippen molar-refractivity contribution < 1.29 is 14.7 Å². The first kappa shape index (κ1) is 16.0. The molecule has 0 bridgehead atoms. The zero-order valence-corrected chi connectivity index (χ0v) is 12.5. The van der Waals surface area contributed by atoms with Gasteiger partial charge in [0.05, 0.1) is 10.9 Å². The largest absolute Gasteiger partial charge is 0.481 e. The Balaban J connectivity index is 3.14. The second-order valence-electron chi connectivity index (χ2n) is 5.54. The number of rotatable bonds is 4. The lowest BCUT2D eigenvalue weighted by molar-refractivity contribution is -0.145. The van der Waals surface area contributed by atoms with Crippen LogP contribution in [0.3, 0.4) is 0 Å². The third-order valence-corrected chi connectivity index (χ3v) is 3.74. The van der Waals surface area contributed by atoms with Crippen LogP contribution in [0.25, 0.3) is 0 Å². The van der Waals surface area contributed by atoms with Gasteiger partial charge in [0.1, 0.15) is 0 Å². The van der Waals surface area contributed by atoms with E-state index in [1.165, 1.54) is 6.07 Å². The molecule has 1 rings (SSSR count). The van der Waals surface area contributed by atoms with E-state index in [2.05, 4.69) is 0 Å². The Morgan fingerprint density at radius 1 is 1.32 bits per heavy atom. The van der Waals surface area contributed by atoms with Gasteiger partial charge in [-0.15, -0.1) is 0 Å². The molecule has 0 saturated carbocycles. The average molecular weight is 303 g/mol. The molecule has 0 aliphatic carbocycles. The number of halogens is 2. The van der Waals surface area contributed by atoms with Crippen molar-refractivity contribution in [1.82, 2.24) is 0 Å². The molecule has 1 atom stereocenters. The molecule has 0 aliphatic heterocycles. The van der Waals surface area contributed by atoms with E-state index in [0.717, 1.165) is 0 Å². The van der Waals surface area contributed by atoms with Crippen LogP contribution in [0, 0.1) is 11.3 Å². The Morgan fingerprint density at radius 3 is 2.32 bits per heavy atom. The third kappa shape index (κ3) is 3.95. The van der Waals surface area contributed by atoms with Crippen molar-refractivity contribution in [3.05, 3.63) is 33.3 Å². The molecule has 0 fully saturated rings. The molecule has 1 aromatic carbocycles. The molecule has 1 aromatic rings. The smallest absolute Gasteiger partial charge is 0.307 e. The molecule has 0 saturated heterocycles. The predicted octanol–water partition coefficient (Wildman–Crippen LogP) is 4.10. The van der Waals surface area contributed by atoms with Crippen LogP contribution in [-0.4, -0.2) is 17.4 Å². The Morgan fingerprint density at radius 2 is 1.89 bits per heavy atom. The standard InChI is InChI=1S/C14H16Cl2O3/c1-14(2,3)10(13(18)19)4-8-5-12(16)9(7-17)6-11(8)15/h5-7,10H,4H2,1-3H3,(H,18,19). The average Bonchev–Trinajstić information content (AvgIpc) is 2.27. The van der Waals surface area contributed by atoms with E-state index in [1.54, 1.807) is 6.07 Å². The van der Waals surface area contributed by atoms with Crippen LogP contribution < -0.4 is 0 Å². The van der Waals surface area contributed by atoms with E-state index >= 15 is 0 Å². The molecule has 0 heterocycles. The fourth-order valence-corrected chi connectivity index (χ4v) is 2.31. The molecular weight excluding hydrogens is 287 g/mol. The summed E-state index contributed by atoms with van der Waals surface area (Å²) in [7, 11) is 0. The first-order chi connectivity index (χ1) is 8.66. The zero-order valence-electron chi connectivity index (χ0n) is 11.0. The Bertz CT molecular complexity index is 504. The molecule has 0 radical (unpaired) electrons. The summed E-state index contributed by atoms with van der Waals surface area (Å²) in [5.41, 5.74) is 0.544. The Hall–Kier alpha value is -1.06. The van der Waals surface area contributed by atoms with E-state index in [-0.39, 0.29) is 11.4 Å². The molecule has 19 heavy (non-hydrogen) atoms. The van der Waals surface area contributed by atoms with Gasteiger partial charge in [-0.1, -0.05) is 44.0 Å². The fourth-order valence-electron chi connectivity index (χ4n) is 1.83. The van der Waals surface area contributed by atoms with Gasteiger partial charge < -0.3 is 5.11 Å². The van der Waals surface area contributed by atoms with Crippen molar-refractivity contribution in [2.75, 3.05) is 0 Å². The molecule has 3 nitrogen and oxygen atoms in total. The molecule has 0 amide bonds. The van der Waals surface area contributed by atoms with Crippen LogP contribution >= 0.6 is 23.2 Å². The lowest BCUT2D eigenvalue weighted by atomic mass is 9.77. The lowest BCUT2D eigenvalue weighted by Crippen LogP contribution is -2.30. The maximum atomic E-state index is 11.3. The Kier molecular flexibility index (Phi) is 4.99. The summed E-state index contributed by atoms with van der Waals surface area (Å²) in [5.74, 6) is -1.46. The minimum absolute atomic E-state index is 0.274. The molecule has 1 unspecified atom stereocenters. The number of carbonyl (C=O) groups excluding carboxylic acids is 1. The number of carbonyl (C=O) groups is 2. The van der Waals surface area contributed by atoms with Crippen molar-refractivity contribution in [3.63, 3.8) is 0 Å². The first-order valence-electron chi connectivity index (χ1n) is 5.82. The molecular formula is C14H16Cl2O3. The number of benzene rings is 1. The summed E-state index contributed by atoms with van der Waals surface area (Å²) in [6, 6.07) is 3.03. The Labute approximate surface area is 122 Å². The van der Waals surface area contributed by atoms with Gasteiger partial charge in [0.25, 0.3) is 0 Å². The predicted molar refractivity (Wildman–Crippen MR) is 76.1 cm³/mol. The number of carboxylic acids is 1. The quantitative estimate of drug-likeness (QED) is 0.852. The summed E-state index contributed by atoms with van der Waals surface area (Å²) in [6.07, 6.45) is 0.896. The molecule has 0 spiro atoms. The summed E-state index contributed by atoms with van der Waals surface area (Å²) in [6.45, 7) is 5.59. The van der Waals surface area contributed by atoms with Crippen LogP contribution in [0.1, 0.15) is 36.7 Å². The monoisotopic (exact) mass is 302 g/mol. The highest BCUT2D eigenvalue weighted by atomic mass is 35.5. The topological polar surface area (TPSA) is 54.4 Å². The third-order valence-electron chi connectivity index (χ3n) is 3.06. The molecule has 0 aliphatic rings. The summed E-state index contributed by atoms with van der Waals surface area (Å²) >= 11 is 12.0. The molecule has 0 aromatic heterocycles. The number of hydrogen-bond acceptors (Lipinski definition) is 2.